The molecule has 0 aliphatic carbocycles. The molecular formula is C22H18N2. The molecule has 0 N–H and O–H groups in total. The fourth-order valence-electron chi connectivity index (χ4n) is 3.11. The molecule has 0 aliphatic rings. The molecule has 24 heavy (non-hydrogen) atoms. The summed E-state index contributed by atoms with van der Waals surface area (Å²) in [4.78, 5) is 4.24. The van der Waals surface area contributed by atoms with Crippen LogP contribution < -0.4 is 0 Å². The normalized spacial score (nSPS) is 12.0. The maximum absolute atomic E-state index is 4.24. The predicted octanol–water partition coefficient (Wildman–Crippen LogP) is 5.19. The van der Waals surface area contributed by atoms with Crippen LogP contribution in [0, 0.1) is 0 Å². The quantitative estimate of drug-likeness (QED) is 0.507. The third-order valence-corrected chi connectivity index (χ3v) is 4.25. The Morgan fingerprint density at radius 3 is 2.04 bits per heavy atom. The van der Waals surface area contributed by atoms with E-state index >= 15 is 0 Å². The first-order valence-electron chi connectivity index (χ1n) is 8.09. The molecule has 0 saturated heterocycles. The molecule has 1 heterocycles. The van der Waals surface area contributed by atoms with Gasteiger partial charge in [-0.3, -0.25) is 0 Å². The summed E-state index contributed by atoms with van der Waals surface area (Å²) >= 11 is 0. The Labute approximate surface area is 142 Å². The van der Waals surface area contributed by atoms with Crippen molar-refractivity contribution in [3.05, 3.63) is 115 Å². The van der Waals surface area contributed by atoms with E-state index in [0.29, 0.717) is 0 Å². The van der Waals surface area contributed by atoms with Gasteiger partial charge in [-0.1, -0.05) is 78.9 Å². The highest BCUT2D eigenvalue weighted by atomic mass is 15.0. The number of nitrogens with zero attached hydrogens (tertiary/aromatic N) is 2. The summed E-state index contributed by atoms with van der Waals surface area (Å²) in [7, 11) is 0. The summed E-state index contributed by atoms with van der Waals surface area (Å²) in [6, 6.07) is 29.9. The van der Waals surface area contributed by atoms with Crippen molar-refractivity contribution in [3.8, 4) is 11.1 Å². The van der Waals surface area contributed by atoms with Crippen LogP contribution in [0.5, 0.6) is 0 Å². The van der Waals surface area contributed by atoms with Crippen LogP contribution in [0.25, 0.3) is 11.1 Å². The number of imidazole rings is 1. The first-order chi connectivity index (χ1) is 11.9. The highest BCUT2D eigenvalue weighted by Crippen LogP contribution is 2.29. The van der Waals surface area contributed by atoms with Crippen molar-refractivity contribution in [2.45, 2.75) is 6.04 Å². The van der Waals surface area contributed by atoms with Gasteiger partial charge < -0.3 is 4.57 Å². The Kier molecular flexibility index (Phi) is 3.95. The SMILES string of the molecule is c1ccc(-c2cccc([C@@H](c3ccccc3)n3ccnc3)c2)cc1. The Balaban J connectivity index is 1.82. The Morgan fingerprint density at radius 1 is 0.667 bits per heavy atom. The van der Waals surface area contributed by atoms with E-state index in [1.54, 1.807) is 0 Å². The number of benzene rings is 3. The topological polar surface area (TPSA) is 17.8 Å². The van der Waals surface area contributed by atoms with Crippen LogP contribution in [0.3, 0.4) is 0 Å². The van der Waals surface area contributed by atoms with Crippen molar-refractivity contribution < 1.29 is 0 Å². The molecule has 0 unspecified atom stereocenters. The lowest BCUT2D eigenvalue weighted by molar-refractivity contribution is 0.677. The van der Waals surface area contributed by atoms with Gasteiger partial charge in [0.2, 0.25) is 0 Å². The van der Waals surface area contributed by atoms with Gasteiger partial charge in [0.25, 0.3) is 0 Å². The van der Waals surface area contributed by atoms with Crippen molar-refractivity contribution in [2.75, 3.05) is 0 Å². The lowest BCUT2D eigenvalue weighted by Crippen LogP contribution is -2.10. The van der Waals surface area contributed by atoms with Gasteiger partial charge in [-0.15, -0.1) is 0 Å². The molecule has 2 nitrogen and oxygen atoms in total. The smallest absolute Gasteiger partial charge is 0.0954 e. The third-order valence-electron chi connectivity index (χ3n) is 4.25. The number of hydrogen-bond donors (Lipinski definition) is 0. The molecule has 1 atom stereocenters. The van der Waals surface area contributed by atoms with Gasteiger partial charge in [0.05, 0.1) is 12.4 Å². The molecule has 4 rings (SSSR count). The van der Waals surface area contributed by atoms with Gasteiger partial charge >= 0.3 is 0 Å². The zero-order valence-corrected chi connectivity index (χ0v) is 13.3. The van der Waals surface area contributed by atoms with Crippen LogP contribution in [0.2, 0.25) is 0 Å². The average molecular weight is 310 g/mol. The van der Waals surface area contributed by atoms with Gasteiger partial charge in [-0.05, 0) is 28.3 Å². The van der Waals surface area contributed by atoms with Crippen molar-refractivity contribution in [2.24, 2.45) is 0 Å². The van der Waals surface area contributed by atoms with E-state index in [1.807, 2.05) is 24.8 Å². The molecule has 0 radical (unpaired) electrons. The Morgan fingerprint density at radius 2 is 1.33 bits per heavy atom. The fourth-order valence-corrected chi connectivity index (χ4v) is 3.11. The van der Waals surface area contributed by atoms with Gasteiger partial charge in [-0.25, -0.2) is 4.98 Å². The molecule has 0 bridgehead atoms. The van der Waals surface area contributed by atoms with Gasteiger partial charge in [-0.2, -0.15) is 0 Å². The standard InChI is InChI=1S/C22H18N2/c1-3-8-18(9-4-1)20-12-7-13-21(16-20)22(24-15-14-23-17-24)19-10-5-2-6-11-19/h1-17,22H/t22-/m1/s1. The minimum Gasteiger partial charge on any atom is -0.326 e. The summed E-state index contributed by atoms with van der Waals surface area (Å²) in [5.41, 5.74) is 4.97. The van der Waals surface area contributed by atoms with E-state index in [4.69, 9.17) is 0 Å². The van der Waals surface area contributed by atoms with Gasteiger partial charge in [0.1, 0.15) is 0 Å². The average Bonchev–Trinajstić information content (AvgIpc) is 3.18. The second kappa shape index (κ2) is 6.55. The third kappa shape index (κ3) is 2.86. The van der Waals surface area contributed by atoms with E-state index < -0.39 is 0 Å². The summed E-state index contributed by atoms with van der Waals surface area (Å²) < 4.78 is 2.15. The van der Waals surface area contributed by atoms with E-state index in [-0.39, 0.29) is 6.04 Å². The molecule has 0 fully saturated rings. The van der Waals surface area contributed by atoms with Gasteiger partial charge in [0.15, 0.2) is 0 Å². The minimum atomic E-state index is 0.123. The molecule has 1 aromatic heterocycles. The molecule has 0 spiro atoms. The first-order valence-corrected chi connectivity index (χ1v) is 8.09. The molecule has 0 saturated carbocycles. The Bertz CT molecular complexity index is 897. The number of aromatic nitrogens is 2. The van der Waals surface area contributed by atoms with E-state index in [9.17, 15) is 0 Å². The molecule has 2 heteroatoms. The summed E-state index contributed by atoms with van der Waals surface area (Å²) in [6.45, 7) is 0. The molecule has 4 aromatic rings. The van der Waals surface area contributed by atoms with Crippen LogP contribution in [0.4, 0.5) is 0 Å². The largest absolute Gasteiger partial charge is 0.326 e. The lowest BCUT2D eigenvalue weighted by atomic mass is 9.95. The van der Waals surface area contributed by atoms with Gasteiger partial charge in [0, 0.05) is 12.4 Å². The zero-order chi connectivity index (χ0) is 16.2. The number of hydrogen-bond acceptors (Lipinski definition) is 1. The summed E-state index contributed by atoms with van der Waals surface area (Å²) in [5.74, 6) is 0. The summed E-state index contributed by atoms with van der Waals surface area (Å²) in [5, 5.41) is 0. The van der Waals surface area contributed by atoms with Crippen LogP contribution in [0.1, 0.15) is 17.2 Å². The highest BCUT2D eigenvalue weighted by Gasteiger charge is 2.16. The van der Waals surface area contributed by atoms with E-state index in [2.05, 4.69) is 88.4 Å². The maximum Gasteiger partial charge on any atom is 0.0954 e. The van der Waals surface area contributed by atoms with Crippen molar-refractivity contribution in [3.63, 3.8) is 0 Å². The number of rotatable bonds is 4. The molecule has 0 amide bonds. The molecule has 116 valence electrons. The minimum absolute atomic E-state index is 0.123. The highest BCUT2D eigenvalue weighted by molar-refractivity contribution is 5.64. The van der Waals surface area contributed by atoms with Crippen LogP contribution in [0.15, 0.2) is 104 Å². The first kappa shape index (κ1) is 14.5. The summed E-state index contributed by atoms with van der Waals surface area (Å²) in [6.07, 6.45) is 5.73. The second-order valence-corrected chi connectivity index (χ2v) is 5.81. The van der Waals surface area contributed by atoms with Crippen molar-refractivity contribution >= 4 is 0 Å². The van der Waals surface area contributed by atoms with Crippen LogP contribution in [-0.2, 0) is 0 Å². The molecule has 3 aromatic carbocycles. The van der Waals surface area contributed by atoms with Crippen molar-refractivity contribution in [1.29, 1.82) is 0 Å². The lowest BCUT2D eigenvalue weighted by Gasteiger charge is -2.20. The fraction of sp³-hybridized carbons (Fsp3) is 0.0455. The Hall–Kier alpha value is -3.13. The van der Waals surface area contributed by atoms with Crippen LogP contribution in [-0.4, -0.2) is 9.55 Å². The second-order valence-electron chi connectivity index (χ2n) is 5.81. The maximum atomic E-state index is 4.24. The van der Waals surface area contributed by atoms with Crippen LogP contribution >= 0.6 is 0 Å². The monoisotopic (exact) mass is 310 g/mol. The molecular weight excluding hydrogens is 292 g/mol. The zero-order valence-electron chi connectivity index (χ0n) is 13.3. The molecule has 0 aliphatic heterocycles. The van der Waals surface area contributed by atoms with E-state index in [0.717, 1.165) is 0 Å². The predicted molar refractivity (Wildman–Crippen MR) is 97.8 cm³/mol. The van der Waals surface area contributed by atoms with E-state index in [1.165, 1.54) is 22.3 Å². The van der Waals surface area contributed by atoms with Crippen molar-refractivity contribution in [1.82, 2.24) is 9.55 Å².